The molecular weight excluding hydrogens is 300 g/mol. The molecule has 0 bridgehead atoms. The van der Waals surface area contributed by atoms with E-state index >= 15 is 0 Å². The monoisotopic (exact) mass is 312 g/mol. The summed E-state index contributed by atoms with van der Waals surface area (Å²) in [5.74, 6) is 0. The Bertz CT molecular complexity index is 634. The second-order valence-electron chi connectivity index (χ2n) is 4.37. The Labute approximate surface area is 125 Å². The van der Waals surface area contributed by atoms with E-state index in [2.05, 4.69) is 15.3 Å². The number of rotatable bonds is 3. The lowest BCUT2D eigenvalue weighted by molar-refractivity contribution is -0.384. The summed E-state index contributed by atoms with van der Waals surface area (Å²) in [4.78, 5) is 19.0. The summed E-state index contributed by atoms with van der Waals surface area (Å²) in [5.41, 5.74) is 1.30. The van der Waals surface area contributed by atoms with Gasteiger partial charge in [-0.25, -0.2) is 4.98 Å². The van der Waals surface area contributed by atoms with E-state index in [1.807, 2.05) is 0 Å². The highest BCUT2D eigenvalue weighted by atomic mass is 35.5. The molecule has 1 fully saturated rings. The molecule has 1 saturated heterocycles. The molecule has 6 nitrogen and oxygen atoms in total. The van der Waals surface area contributed by atoms with Gasteiger partial charge in [0.05, 0.1) is 22.2 Å². The van der Waals surface area contributed by atoms with Crippen molar-refractivity contribution < 1.29 is 4.92 Å². The van der Waals surface area contributed by atoms with Crippen molar-refractivity contribution in [2.75, 3.05) is 13.1 Å². The molecule has 1 aliphatic heterocycles. The second-order valence-corrected chi connectivity index (χ2v) is 5.69. The van der Waals surface area contributed by atoms with Crippen LogP contribution in [0.5, 0.6) is 0 Å². The van der Waals surface area contributed by atoms with Crippen LogP contribution in [0.1, 0.15) is 6.42 Å². The Balaban J connectivity index is 0.00000147. The van der Waals surface area contributed by atoms with E-state index in [1.54, 1.807) is 24.0 Å². The average Bonchev–Trinajstić information content (AvgIpc) is 2.91. The third kappa shape index (κ3) is 3.17. The first-order chi connectivity index (χ1) is 9.22. The molecule has 0 radical (unpaired) electrons. The molecule has 1 N–H and O–H groups in total. The lowest BCUT2D eigenvalue weighted by atomic mass is 10.3. The molecule has 8 heteroatoms. The highest BCUT2D eigenvalue weighted by Crippen LogP contribution is 2.26. The van der Waals surface area contributed by atoms with Crippen LogP contribution in [-0.4, -0.2) is 33.2 Å². The predicted molar refractivity (Wildman–Crippen MR) is 80.6 cm³/mol. The van der Waals surface area contributed by atoms with Gasteiger partial charge >= 0.3 is 0 Å². The Morgan fingerprint density at radius 2 is 2.25 bits per heavy atom. The fourth-order valence-corrected chi connectivity index (χ4v) is 3.10. The van der Waals surface area contributed by atoms with Crippen molar-refractivity contribution in [1.29, 1.82) is 0 Å². The predicted octanol–water partition coefficient (Wildman–Crippen LogP) is 2.41. The van der Waals surface area contributed by atoms with Gasteiger partial charge in [-0.3, -0.25) is 15.1 Å². The maximum absolute atomic E-state index is 10.7. The zero-order valence-electron chi connectivity index (χ0n) is 10.5. The minimum Gasteiger partial charge on any atom is -0.316 e. The first-order valence-electron chi connectivity index (χ1n) is 6.01. The quantitative estimate of drug-likeness (QED) is 0.692. The van der Waals surface area contributed by atoms with Gasteiger partial charge < -0.3 is 5.32 Å². The van der Waals surface area contributed by atoms with Gasteiger partial charge in [-0.2, -0.15) is 0 Å². The van der Waals surface area contributed by atoms with Gasteiger partial charge in [-0.15, -0.1) is 24.2 Å². The molecule has 2 heterocycles. The Hall–Kier alpha value is -1.44. The van der Waals surface area contributed by atoms with E-state index in [4.69, 9.17) is 0 Å². The number of hydrogen-bond donors (Lipinski definition) is 1. The van der Waals surface area contributed by atoms with Crippen molar-refractivity contribution in [3.8, 4) is 0 Å². The Kier molecular flexibility index (Phi) is 4.74. The van der Waals surface area contributed by atoms with Crippen LogP contribution < -0.4 is 5.32 Å². The molecule has 0 aliphatic carbocycles. The smallest absolute Gasteiger partial charge is 0.271 e. The van der Waals surface area contributed by atoms with Crippen LogP contribution in [0.3, 0.4) is 0 Å². The van der Waals surface area contributed by atoms with E-state index in [9.17, 15) is 10.1 Å². The molecular formula is C12H13ClN4O2S. The van der Waals surface area contributed by atoms with Crippen LogP contribution >= 0.6 is 24.2 Å². The number of halogens is 1. The van der Waals surface area contributed by atoms with Gasteiger partial charge in [-0.05, 0) is 19.0 Å². The number of thioether (sulfide) groups is 1. The van der Waals surface area contributed by atoms with Gasteiger partial charge in [0, 0.05) is 23.9 Å². The molecule has 2 aromatic rings. The molecule has 1 atom stereocenters. The maximum atomic E-state index is 10.7. The molecule has 1 unspecified atom stereocenters. The Morgan fingerprint density at radius 1 is 1.40 bits per heavy atom. The number of nitro groups is 1. The summed E-state index contributed by atoms with van der Waals surface area (Å²) in [6.07, 6.45) is 2.82. The van der Waals surface area contributed by atoms with E-state index < -0.39 is 4.92 Å². The van der Waals surface area contributed by atoms with E-state index in [0.29, 0.717) is 16.3 Å². The van der Waals surface area contributed by atoms with Gasteiger partial charge in [0.2, 0.25) is 0 Å². The third-order valence-corrected chi connectivity index (χ3v) is 4.19. The summed E-state index contributed by atoms with van der Waals surface area (Å²) in [7, 11) is 0. The lowest BCUT2D eigenvalue weighted by Gasteiger charge is -2.07. The zero-order valence-corrected chi connectivity index (χ0v) is 12.1. The molecule has 20 heavy (non-hydrogen) atoms. The van der Waals surface area contributed by atoms with Gasteiger partial charge in [0.25, 0.3) is 5.69 Å². The largest absolute Gasteiger partial charge is 0.316 e. The lowest BCUT2D eigenvalue weighted by Crippen LogP contribution is -2.10. The fourth-order valence-electron chi connectivity index (χ4n) is 2.05. The summed E-state index contributed by atoms with van der Waals surface area (Å²) in [5, 5.41) is 15.4. The molecule has 0 saturated carbocycles. The number of nitro benzene ring substituents is 1. The fraction of sp³-hybridized carbons (Fsp3) is 0.333. The number of fused-ring (bicyclic) bond motifs is 1. The SMILES string of the molecule is Cl.O=[N+]([O-])c1ccc2nc(SC3CCNC3)cnc2c1. The van der Waals surface area contributed by atoms with Crippen LogP contribution in [0.25, 0.3) is 11.0 Å². The summed E-state index contributed by atoms with van der Waals surface area (Å²) in [6, 6.07) is 4.56. The first kappa shape index (κ1) is 15.0. The summed E-state index contributed by atoms with van der Waals surface area (Å²) in [6.45, 7) is 2.04. The minimum atomic E-state index is -0.423. The number of non-ortho nitro benzene ring substituents is 1. The Morgan fingerprint density at radius 3 is 2.95 bits per heavy atom. The number of nitrogens with one attached hydrogen (secondary N) is 1. The standard InChI is InChI=1S/C12H12N4O2S.ClH/c17-16(18)8-1-2-10-11(5-8)14-7-12(15-10)19-9-3-4-13-6-9;/h1-2,5,7,9,13H,3-4,6H2;1H. The van der Waals surface area contributed by atoms with Crippen molar-refractivity contribution in [3.05, 3.63) is 34.5 Å². The van der Waals surface area contributed by atoms with E-state index in [0.717, 1.165) is 24.5 Å². The molecule has 3 rings (SSSR count). The molecule has 1 aliphatic rings. The van der Waals surface area contributed by atoms with Crippen molar-refractivity contribution >= 4 is 40.9 Å². The van der Waals surface area contributed by atoms with Crippen molar-refractivity contribution in [2.45, 2.75) is 16.7 Å². The highest BCUT2D eigenvalue weighted by molar-refractivity contribution is 7.99. The number of nitrogens with zero attached hydrogens (tertiary/aromatic N) is 3. The second kappa shape index (κ2) is 6.34. The van der Waals surface area contributed by atoms with Gasteiger partial charge in [-0.1, -0.05) is 0 Å². The molecule has 1 aromatic heterocycles. The number of aromatic nitrogens is 2. The molecule has 106 valence electrons. The molecule has 1 aromatic carbocycles. The normalized spacial score (nSPS) is 17.9. The van der Waals surface area contributed by atoms with Crippen molar-refractivity contribution in [3.63, 3.8) is 0 Å². The van der Waals surface area contributed by atoms with Crippen LogP contribution in [0.4, 0.5) is 5.69 Å². The average molecular weight is 313 g/mol. The van der Waals surface area contributed by atoms with Crippen molar-refractivity contribution in [2.24, 2.45) is 0 Å². The van der Waals surface area contributed by atoms with Gasteiger partial charge in [0.1, 0.15) is 5.03 Å². The topological polar surface area (TPSA) is 81.0 Å². The zero-order chi connectivity index (χ0) is 13.2. The van der Waals surface area contributed by atoms with Crippen LogP contribution in [0.2, 0.25) is 0 Å². The van der Waals surface area contributed by atoms with E-state index in [-0.39, 0.29) is 18.1 Å². The molecule has 0 spiro atoms. The first-order valence-corrected chi connectivity index (χ1v) is 6.89. The number of hydrogen-bond acceptors (Lipinski definition) is 6. The number of benzene rings is 1. The maximum Gasteiger partial charge on any atom is 0.271 e. The van der Waals surface area contributed by atoms with Crippen molar-refractivity contribution in [1.82, 2.24) is 15.3 Å². The van der Waals surface area contributed by atoms with Crippen LogP contribution in [-0.2, 0) is 0 Å². The van der Waals surface area contributed by atoms with Gasteiger partial charge in [0.15, 0.2) is 0 Å². The summed E-state index contributed by atoms with van der Waals surface area (Å²) < 4.78 is 0. The third-order valence-electron chi connectivity index (χ3n) is 3.02. The molecule has 0 amide bonds. The minimum absolute atomic E-state index is 0. The van der Waals surface area contributed by atoms with Crippen LogP contribution in [0.15, 0.2) is 29.4 Å². The highest BCUT2D eigenvalue weighted by Gasteiger charge is 2.17. The van der Waals surface area contributed by atoms with Crippen LogP contribution in [0, 0.1) is 10.1 Å². The summed E-state index contributed by atoms with van der Waals surface area (Å²) >= 11 is 1.71. The van der Waals surface area contributed by atoms with E-state index in [1.165, 1.54) is 12.1 Å².